The smallest absolute Gasteiger partial charge is 0.323 e. The van der Waals surface area contributed by atoms with Crippen molar-refractivity contribution in [1.82, 2.24) is 4.90 Å². The molecule has 0 spiro atoms. The van der Waals surface area contributed by atoms with Gasteiger partial charge in [0.05, 0.1) is 0 Å². The van der Waals surface area contributed by atoms with Crippen LogP contribution < -0.4 is 5.73 Å². The molecule has 0 aromatic carbocycles. The van der Waals surface area contributed by atoms with Crippen LogP contribution in [-0.2, 0) is 4.79 Å². The fraction of sp³-hybridized carbons (Fsp3) is 0.929. The summed E-state index contributed by atoms with van der Waals surface area (Å²) >= 11 is 0. The molecule has 3 N–H and O–H groups in total. The second-order valence-electron chi connectivity index (χ2n) is 5.66. The van der Waals surface area contributed by atoms with Crippen LogP contribution in [0.5, 0.6) is 0 Å². The van der Waals surface area contributed by atoms with Crippen LogP contribution in [0.4, 0.5) is 0 Å². The first-order valence-electron chi connectivity index (χ1n) is 7.26. The minimum atomic E-state index is -1.03. The van der Waals surface area contributed by atoms with Gasteiger partial charge in [-0.1, -0.05) is 20.3 Å². The zero-order valence-electron chi connectivity index (χ0n) is 11.8. The number of carboxylic acids is 1. The van der Waals surface area contributed by atoms with Crippen molar-refractivity contribution in [2.75, 3.05) is 19.6 Å². The third-order valence-corrected chi connectivity index (χ3v) is 4.22. The Morgan fingerprint density at radius 3 is 2.78 bits per heavy atom. The number of rotatable bonds is 8. The van der Waals surface area contributed by atoms with Crippen molar-refractivity contribution in [3.63, 3.8) is 0 Å². The summed E-state index contributed by atoms with van der Waals surface area (Å²) in [6.07, 6.45) is 5.85. The minimum Gasteiger partial charge on any atom is -0.480 e. The van der Waals surface area contributed by atoms with E-state index in [-0.39, 0.29) is 0 Å². The first-order valence-corrected chi connectivity index (χ1v) is 7.26. The molecule has 0 amide bonds. The average molecular weight is 256 g/mol. The van der Waals surface area contributed by atoms with E-state index in [1.165, 1.54) is 32.4 Å². The Bertz CT molecular complexity index is 271. The van der Waals surface area contributed by atoms with Crippen LogP contribution in [0, 0.1) is 5.92 Å². The molecule has 0 aromatic rings. The van der Waals surface area contributed by atoms with Crippen molar-refractivity contribution in [3.8, 4) is 0 Å². The molecular formula is C14H28N2O2. The first kappa shape index (κ1) is 15.4. The van der Waals surface area contributed by atoms with Gasteiger partial charge in [0.25, 0.3) is 0 Å². The highest BCUT2D eigenvalue weighted by Crippen LogP contribution is 2.22. The van der Waals surface area contributed by atoms with E-state index in [4.69, 9.17) is 10.8 Å². The number of nitrogens with two attached hydrogens (primary N) is 1. The maximum Gasteiger partial charge on any atom is 0.323 e. The predicted molar refractivity (Wildman–Crippen MR) is 73.5 cm³/mol. The molecule has 1 heterocycles. The molecule has 4 nitrogen and oxygen atoms in total. The minimum absolute atomic E-state index is 0.501. The summed E-state index contributed by atoms with van der Waals surface area (Å²) in [5.41, 5.74) is 4.86. The molecule has 0 aliphatic carbocycles. The van der Waals surface area contributed by atoms with Gasteiger partial charge in [-0.25, -0.2) is 0 Å². The number of likely N-dealkylation sites (tertiary alicyclic amines) is 1. The van der Waals surface area contributed by atoms with E-state index < -0.39 is 11.5 Å². The zero-order valence-corrected chi connectivity index (χ0v) is 11.8. The number of hydrogen-bond acceptors (Lipinski definition) is 3. The van der Waals surface area contributed by atoms with Gasteiger partial charge in [-0.15, -0.1) is 0 Å². The molecule has 0 saturated carbocycles. The lowest BCUT2D eigenvalue weighted by molar-refractivity contribution is -0.143. The topological polar surface area (TPSA) is 66.6 Å². The van der Waals surface area contributed by atoms with Crippen molar-refractivity contribution in [2.24, 2.45) is 11.7 Å². The van der Waals surface area contributed by atoms with Gasteiger partial charge in [0.1, 0.15) is 5.54 Å². The highest BCUT2D eigenvalue weighted by molar-refractivity contribution is 5.78. The molecule has 0 aromatic heterocycles. The van der Waals surface area contributed by atoms with Crippen LogP contribution in [0.1, 0.15) is 52.4 Å². The van der Waals surface area contributed by atoms with E-state index in [2.05, 4.69) is 11.8 Å². The molecule has 4 heteroatoms. The Morgan fingerprint density at radius 1 is 1.50 bits per heavy atom. The van der Waals surface area contributed by atoms with E-state index >= 15 is 0 Å². The SMILES string of the molecule is CCCC1CCN(CCCC(N)(CC)C(=O)O)C1. The molecule has 18 heavy (non-hydrogen) atoms. The maximum absolute atomic E-state index is 11.1. The van der Waals surface area contributed by atoms with Crippen molar-refractivity contribution < 1.29 is 9.90 Å². The van der Waals surface area contributed by atoms with E-state index in [0.29, 0.717) is 12.8 Å². The van der Waals surface area contributed by atoms with E-state index in [1.54, 1.807) is 0 Å². The van der Waals surface area contributed by atoms with Gasteiger partial charge >= 0.3 is 5.97 Å². The fourth-order valence-corrected chi connectivity index (χ4v) is 2.81. The summed E-state index contributed by atoms with van der Waals surface area (Å²) in [6.45, 7) is 7.43. The van der Waals surface area contributed by atoms with Crippen molar-refractivity contribution in [2.45, 2.75) is 57.9 Å². The monoisotopic (exact) mass is 256 g/mol. The van der Waals surface area contributed by atoms with Gasteiger partial charge in [0.15, 0.2) is 0 Å². The van der Waals surface area contributed by atoms with Gasteiger partial charge in [0, 0.05) is 6.54 Å². The number of hydrogen-bond donors (Lipinski definition) is 2. The Labute approximate surface area is 111 Å². The summed E-state index contributed by atoms with van der Waals surface area (Å²) in [7, 11) is 0. The maximum atomic E-state index is 11.1. The predicted octanol–water partition coefficient (Wildman–Crippen LogP) is 2.08. The third kappa shape index (κ3) is 4.25. The molecule has 1 aliphatic heterocycles. The van der Waals surface area contributed by atoms with E-state index in [1.807, 2.05) is 6.92 Å². The first-order chi connectivity index (χ1) is 8.51. The van der Waals surface area contributed by atoms with Gasteiger partial charge in [-0.3, -0.25) is 4.79 Å². The second-order valence-corrected chi connectivity index (χ2v) is 5.66. The number of carbonyl (C=O) groups is 1. The molecule has 2 unspecified atom stereocenters. The summed E-state index contributed by atoms with van der Waals surface area (Å²) < 4.78 is 0. The average Bonchev–Trinajstić information content (AvgIpc) is 2.77. The molecule has 1 rings (SSSR count). The lowest BCUT2D eigenvalue weighted by atomic mass is 9.92. The molecular weight excluding hydrogens is 228 g/mol. The Morgan fingerprint density at radius 2 is 2.22 bits per heavy atom. The summed E-state index contributed by atoms with van der Waals surface area (Å²) in [4.78, 5) is 13.5. The molecule has 0 radical (unpaired) electrons. The molecule has 1 fully saturated rings. The van der Waals surface area contributed by atoms with Crippen LogP contribution in [0.3, 0.4) is 0 Å². The summed E-state index contributed by atoms with van der Waals surface area (Å²) in [6, 6.07) is 0. The fourth-order valence-electron chi connectivity index (χ4n) is 2.81. The number of aliphatic carboxylic acids is 1. The number of nitrogens with zero attached hydrogens (tertiary/aromatic N) is 1. The normalized spacial score (nSPS) is 24.1. The van der Waals surface area contributed by atoms with Crippen molar-refractivity contribution in [3.05, 3.63) is 0 Å². The zero-order chi connectivity index (χ0) is 13.6. The van der Waals surface area contributed by atoms with Crippen LogP contribution in [0.15, 0.2) is 0 Å². The van der Waals surface area contributed by atoms with E-state index in [9.17, 15) is 4.79 Å². The van der Waals surface area contributed by atoms with Crippen LogP contribution >= 0.6 is 0 Å². The van der Waals surface area contributed by atoms with Crippen LogP contribution in [0.25, 0.3) is 0 Å². The second kappa shape index (κ2) is 7.10. The molecule has 2 atom stereocenters. The van der Waals surface area contributed by atoms with Crippen molar-refractivity contribution in [1.29, 1.82) is 0 Å². The summed E-state index contributed by atoms with van der Waals surface area (Å²) in [5.74, 6) is -0.0152. The third-order valence-electron chi connectivity index (χ3n) is 4.22. The standard InChI is InChI=1S/C14H28N2O2/c1-3-6-12-7-10-16(11-12)9-5-8-14(15,4-2)13(17)18/h12H,3-11,15H2,1-2H3,(H,17,18). The Hall–Kier alpha value is -0.610. The molecule has 0 bridgehead atoms. The van der Waals surface area contributed by atoms with Gasteiger partial charge in [-0.2, -0.15) is 0 Å². The highest BCUT2D eigenvalue weighted by atomic mass is 16.4. The lowest BCUT2D eigenvalue weighted by Crippen LogP contribution is -2.47. The molecule has 106 valence electrons. The number of carboxylic acid groups (broad SMARTS) is 1. The largest absolute Gasteiger partial charge is 0.480 e. The quantitative estimate of drug-likeness (QED) is 0.698. The van der Waals surface area contributed by atoms with Crippen molar-refractivity contribution >= 4 is 5.97 Å². The summed E-state index contributed by atoms with van der Waals surface area (Å²) in [5, 5.41) is 9.10. The molecule has 1 saturated heterocycles. The van der Waals surface area contributed by atoms with Gasteiger partial charge in [-0.05, 0) is 51.1 Å². The van der Waals surface area contributed by atoms with Crippen LogP contribution in [-0.4, -0.2) is 41.1 Å². The lowest BCUT2D eigenvalue weighted by Gasteiger charge is -2.24. The van der Waals surface area contributed by atoms with E-state index in [0.717, 1.165) is 18.9 Å². The van der Waals surface area contributed by atoms with Gasteiger partial charge in [0.2, 0.25) is 0 Å². The Balaban J connectivity index is 2.24. The highest BCUT2D eigenvalue weighted by Gasteiger charge is 2.31. The van der Waals surface area contributed by atoms with Crippen LogP contribution in [0.2, 0.25) is 0 Å². The Kier molecular flexibility index (Phi) is 6.09. The van der Waals surface area contributed by atoms with Gasteiger partial charge < -0.3 is 15.7 Å². The molecule has 1 aliphatic rings.